The van der Waals surface area contributed by atoms with Crippen LogP contribution in [0.25, 0.3) is 5.69 Å². The molecule has 0 aliphatic carbocycles. The second-order valence-corrected chi connectivity index (χ2v) is 6.33. The van der Waals surface area contributed by atoms with Gasteiger partial charge in [0.1, 0.15) is 12.1 Å². The number of carbonyl (C=O) groups is 1. The van der Waals surface area contributed by atoms with E-state index in [1.54, 1.807) is 13.4 Å². The summed E-state index contributed by atoms with van der Waals surface area (Å²) in [4.78, 5) is 12.1. The van der Waals surface area contributed by atoms with Crippen LogP contribution in [0.15, 0.2) is 60.0 Å². The summed E-state index contributed by atoms with van der Waals surface area (Å²) < 4.78 is 7.00. The summed E-state index contributed by atoms with van der Waals surface area (Å²) >= 11 is 1.34. The Kier molecular flexibility index (Phi) is 5.35. The number of nitrogens with zero attached hydrogens (tertiary/aromatic N) is 3. The lowest BCUT2D eigenvalue weighted by Gasteiger charge is -2.08. The van der Waals surface area contributed by atoms with Gasteiger partial charge in [-0.25, -0.2) is 0 Å². The maximum absolute atomic E-state index is 12.1. The number of rotatable bonds is 6. The van der Waals surface area contributed by atoms with Gasteiger partial charge in [0.2, 0.25) is 5.91 Å². The second kappa shape index (κ2) is 7.85. The van der Waals surface area contributed by atoms with E-state index in [2.05, 4.69) is 15.5 Å². The number of ether oxygens (including phenoxy) is 1. The quantitative estimate of drug-likeness (QED) is 0.688. The van der Waals surface area contributed by atoms with Crippen LogP contribution in [-0.2, 0) is 4.79 Å². The monoisotopic (exact) mass is 354 g/mol. The maximum Gasteiger partial charge on any atom is 0.234 e. The molecule has 0 spiro atoms. The lowest BCUT2D eigenvalue weighted by molar-refractivity contribution is -0.113. The molecule has 3 aromatic rings. The molecular formula is C18H18N4O2S. The number of anilines is 1. The van der Waals surface area contributed by atoms with E-state index in [0.717, 1.165) is 22.7 Å². The number of aryl methyl sites for hydroxylation is 1. The number of aromatic nitrogens is 3. The van der Waals surface area contributed by atoms with Crippen LogP contribution in [-0.4, -0.2) is 33.5 Å². The van der Waals surface area contributed by atoms with Crippen molar-refractivity contribution in [2.75, 3.05) is 18.2 Å². The predicted octanol–water partition coefficient (Wildman–Crippen LogP) is 3.32. The number of hydrogen-bond acceptors (Lipinski definition) is 5. The third-order valence-corrected chi connectivity index (χ3v) is 4.44. The molecule has 0 aliphatic rings. The summed E-state index contributed by atoms with van der Waals surface area (Å²) in [7, 11) is 1.63. The van der Waals surface area contributed by atoms with E-state index >= 15 is 0 Å². The minimum absolute atomic E-state index is 0.0834. The van der Waals surface area contributed by atoms with Crippen LogP contribution >= 0.6 is 11.8 Å². The molecule has 0 radical (unpaired) electrons. The lowest BCUT2D eigenvalue weighted by atomic mass is 10.2. The third-order valence-electron chi connectivity index (χ3n) is 3.50. The highest BCUT2D eigenvalue weighted by molar-refractivity contribution is 7.99. The fourth-order valence-electron chi connectivity index (χ4n) is 2.29. The Balaban J connectivity index is 1.64. The first-order valence-electron chi connectivity index (χ1n) is 7.69. The topological polar surface area (TPSA) is 69.0 Å². The van der Waals surface area contributed by atoms with Gasteiger partial charge in [-0.2, -0.15) is 0 Å². The SMILES string of the molecule is COc1ccc(-n2cnnc2SCC(=O)Nc2cccc(C)c2)cc1. The summed E-state index contributed by atoms with van der Waals surface area (Å²) in [6.07, 6.45) is 1.63. The number of methoxy groups -OCH3 is 1. The summed E-state index contributed by atoms with van der Waals surface area (Å²) in [5.74, 6) is 0.950. The fraction of sp³-hybridized carbons (Fsp3) is 0.167. The normalized spacial score (nSPS) is 10.5. The summed E-state index contributed by atoms with van der Waals surface area (Å²) in [5, 5.41) is 11.6. The minimum atomic E-state index is -0.0834. The molecule has 25 heavy (non-hydrogen) atoms. The Bertz CT molecular complexity index is 862. The van der Waals surface area contributed by atoms with Crippen LogP contribution in [0.3, 0.4) is 0 Å². The zero-order valence-electron chi connectivity index (χ0n) is 14.0. The number of hydrogen-bond donors (Lipinski definition) is 1. The molecule has 0 bridgehead atoms. The van der Waals surface area contributed by atoms with Gasteiger partial charge in [0, 0.05) is 11.4 Å². The van der Waals surface area contributed by atoms with Crippen LogP contribution in [0, 0.1) is 6.92 Å². The molecule has 3 rings (SSSR count). The van der Waals surface area contributed by atoms with Crippen LogP contribution in [0.1, 0.15) is 5.56 Å². The first-order valence-corrected chi connectivity index (χ1v) is 8.68. The number of benzene rings is 2. The van der Waals surface area contributed by atoms with Crippen molar-refractivity contribution in [3.63, 3.8) is 0 Å². The molecular weight excluding hydrogens is 336 g/mol. The van der Waals surface area contributed by atoms with E-state index in [1.807, 2.05) is 60.0 Å². The van der Waals surface area contributed by atoms with Crippen molar-refractivity contribution in [3.8, 4) is 11.4 Å². The van der Waals surface area contributed by atoms with E-state index in [9.17, 15) is 4.79 Å². The highest BCUT2D eigenvalue weighted by Crippen LogP contribution is 2.21. The van der Waals surface area contributed by atoms with Crippen molar-refractivity contribution in [2.24, 2.45) is 0 Å². The predicted molar refractivity (Wildman–Crippen MR) is 98.4 cm³/mol. The van der Waals surface area contributed by atoms with E-state index < -0.39 is 0 Å². The molecule has 2 aromatic carbocycles. The van der Waals surface area contributed by atoms with E-state index in [4.69, 9.17) is 4.74 Å². The average Bonchev–Trinajstić information content (AvgIpc) is 3.08. The van der Waals surface area contributed by atoms with Gasteiger partial charge in [0.15, 0.2) is 5.16 Å². The Morgan fingerprint density at radius 1 is 1.24 bits per heavy atom. The fourth-order valence-corrected chi connectivity index (χ4v) is 3.02. The van der Waals surface area contributed by atoms with E-state index in [1.165, 1.54) is 11.8 Å². The molecule has 1 amide bonds. The molecule has 1 N–H and O–H groups in total. The molecule has 0 fully saturated rings. The highest BCUT2D eigenvalue weighted by Gasteiger charge is 2.10. The first-order chi connectivity index (χ1) is 12.2. The molecule has 128 valence electrons. The van der Waals surface area contributed by atoms with Crippen molar-refractivity contribution in [1.29, 1.82) is 0 Å². The van der Waals surface area contributed by atoms with Gasteiger partial charge in [-0.15, -0.1) is 10.2 Å². The van der Waals surface area contributed by atoms with Gasteiger partial charge in [-0.1, -0.05) is 23.9 Å². The zero-order chi connectivity index (χ0) is 17.6. The highest BCUT2D eigenvalue weighted by atomic mass is 32.2. The second-order valence-electron chi connectivity index (χ2n) is 5.39. The summed E-state index contributed by atoms with van der Waals surface area (Å²) in [5.41, 5.74) is 2.80. The molecule has 1 heterocycles. The van der Waals surface area contributed by atoms with Gasteiger partial charge in [0.25, 0.3) is 0 Å². The van der Waals surface area contributed by atoms with Crippen molar-refractivity contribution in [2.45, 2.75) is 12.1 Å². The van der Waals surface area contributed by atoms with Gasteiger partial charge >= 0.3 is 0 Å². The standard InChI is InChI=1S/C18H18N4O2S/c1-13-4-3-5-14(10-13)20-17(23)11-25-18-21-19-12-22(18)15-6-8-16(24-2)9-7-15/h3-10,12H,11H2,1-2H3,(H,20,23). The smallest absolute Gasteiger partial charge is 0.234 e. The van der Waals surface area contributed by atoms with E-state index in [-0.39, 0.29) is 11.7 Å². The Morgan fingerprint density at radius 2 is 2.04 bits per heavy atom. The Labute approximate surface area is 150 Å². The molecule has 0 saturated heterocycles. The number of thioether (sulfide) groups is 1. The molecule has 0 saturated carbocycles. The maximum atomic E-state index is 12.1. The molecule has 6 nitrogen and oxygen atoms in total. The average molecular weight is 354 g/mol. The summed E-state index contributed by atoms with van der Waals surface area (Å²) in [6.45, 7) is 1.99. The third kappa shape index (κ3) is 4.39. The molecule has 0 atom stereocenters. The van der Waals surface area contributed by atoms with Crippen LogP contribution in [0.5, 0.6) is 5.75 Å². The van der Waals surface area contributed by atoms with Gasteiger partial charge in [-0.05, 0) is 48.9 Å². The largest absolute Gasteiger partial charge is 0.497 e. The molecule has 1 aromatic heterocycles. The van der Waals surface area contributed by atoms with Crippen molar-refractivity contribution in [1.82, 2.24) is 14.8 Å². The zero-order valence-corrected chi connectivity index (χ0v) is 14.8. The lowest BCUT2D eigenvalue weighted by Crippen LogP contribution is -2.14. The van der Waals surface area contributed by atoms with Gasteiger partial charge < -0.3 is 10.1 Å². The van der Waals surface area contributed by atoms with Gasteiger partial charge in [-0.3, -0.25) is 9.36 Å². The van der Waals surface area contributed by atoms with Crippen molar-refractivity contribution >= 4 is 23.4 Å². The van der Waals surface area contributed by atoms with Crippen LogP contribution in [0.2, 0.25) is 0 Å². The first kappa shape index (κ1) is 17.0. The van der Waals surface area contributed by atoms with Gasteiger partial charge in [0.05, 0.1) is 12.9 Å². The molecule has 0 aliphatic heterocycles. The van der Waals surface area contributed by atoms with Crippen molar-refractivity contribution in [3.05, 3.63) is 60.4 Å². The number of carbonyl (C=O) groups excluding carboxylic acids is 1. The number of amides is 1. The van der Waals surface area contributed by atoms with Crippen LogP contribution < -0.4 is 10.1 Å². The number of nitrogens with one attached hydrogen (secondary N) is 1. The Morgan fingerprint density at radius 3 is 2.76 bits per heavy atom. The van der Waals surface area contributed by atoms with Crippen molar-refractivity contribution < 1.29 is 9.53 Å². The molecule has 0 unspecified atom stereocenters. The van der Waals surface area contributed by atoms with E-state index in [0.29, 0.717) is 5.16 Å². The minimum Gasteiger partial charge on any atom is -0.497 e. The Hall–Kier alpha value is -2.80. The van der Waals surface area contributed by atoms with Crippen LogP contribution in [0.4, 0.5) is 5.69 Å². The summed E-state index contributed by atoms with van der Waals surface area (Å²) in [6, 6.07) is 15.3. The molecule has 7 heteroatoms.